The SMILES string of the molecule is [C-]#[N+]c1ccc2c(c1)nc(-c1ccc(C)cc1)n2C1CCCCC1. The number of rotatable bonds is 2. The van der Waals surface area contributed by atoms with Crippen LogP contribution >= 0.6 is 0 Å². The Morgan fingerprint density at radius 1 is 1.04 bits per heavy atom. The van der Waals surface area contributed by atoms with Gasteiger partial charge in [-0.25, -0.2) is 9.83 Å². The van der Waals surface area contributed by atoms with Crippen molar-refractivity contribution in [3.8, 4) is 11.4 Å². The molecule has 0 N–H and O–H groups in total. The largest absolute Gasteiger partial charge is 0.321 e. The lowest BCUT2D eigenvalue weighted by molar-refractivity contribution is 0.362. The molecule has 3 aromatic rings. The van der Waals surface area contributed by atoms with Crippen molar-refractivity contribution in [3.05, 3.63) is 59.4 Å². The van der Waals surface area contributed by atoms with Crippen molar-refractivity contribution in [1.82, 2.24) is 9.55 Å². The van der Waals surface area contributed by atoms with Gasteiger partial charge in [-0.2, -0.15) is 0 Å². The smallest absolute Gasteiger partial charge is 0.189 e. The highest BCUT2D eigenvalue weighted by molar-refractivity contribution is 5.84. The third-order valence-corrected chi connectivity index (χ3v) is 5.05. The highest BCUT2D eigenvalue weighted by Gasteiger charge is 2.22. The van der Waals surface area contributed by atoms with E-state index >= 15 is 0 Å². The number of nitrogens with zero attached hydrogens (tertiary/aromatic N) is 3. The first-order valence-corrected chi connectivity index (χ1v) is 8.73. The van der Waals surface area contributed by atoms with Crippen LogP contribution in [-0.2, 0) is 0 Å². The molecule has 2 aromatic carbocycles. The van der Waals surface area contributed by atoms with Crippen LogP contribution in [0.1, 0.15) is 43.7 Å². The van der Waals surface area contributed by atoms with E-state index in [9.17, 15) is 0 Å². The van der Waals surface area contributed by atoms with Crippen LogP contribution < -0.4 is 0 Å². The van der Waals surface area contributed by atoms with Crippen molar-refractivity contribution in [2.24, 2.45) is 0 Å². The summed E-state index contributed by atoms with van der Waals surface area (Å²) in [5.41, 5.74) is 5.17. The van der Waals surface area contributed by atoms with Crippen molar-refractivity contribution < 1.29 is 0 Å². The van der Waals surface area contributed by atoms with E-state index < -0.39 is 0 Å². The van der Waals surface area contributed by atoms with Gasteiger partial charge >= 0.3 is 0 Å². The first-order chi connectivity index (χ1) is 11.8. The monoisotopic (exact) mass is 315 g/mol. The van der Waals surface area contributed by atoms with E-state index in [2.05, 4.69) is 46.7 Å². The Labute approximate surface area is 142 Å². The van der Waals surface area contributed by atoms with Gasteiger partial charge in [-0.1, -0.05) is 55.2 Å². The van der Waals surface area contributed by atoms with E-state index in [1.165, 1.54) is 37.7 Å². The summed E-state index contributed by atoms with van der Waals surface area (Å²) in [7, 11) is 0. The highest BCUT2D eigenvalue weighted by atomic mass is 15.1. The lowest BCUT2D eigenvalue weighted by Crippen LogP contribution is -2.13. The quantitative estimate of drug-likeness (QED) is 0.526. The summed E-state index contributed by atoms with van der Waals surface area (Å²) >= 11 is 0. The second kappa shape index (κ2) is 6.13. The van der Waals surface area contributed by atoms with Crippen molar-refractivity contribution in [1.29, 1.82) is 0 Å². The molecule has 0 spiro atoms. The minimum Gasteiger partial charge on any atom is -0.321 e. The summed E-state index contributed by atoms with van der Waals surface area (Å²) in [5, 5.41) is 0. The van der Waals surface area contributed by atoms with Gasteiger partial charge in [0.2, 0.25) is 0 Å². The predicted molar refractivity (Wildman–Crippen MR) is 98.3 cm³/mol. The Bertz CT molecular complexity index is 907. The Balaban J connectivity index is 1.92. The second-order valence-corrected chi connectivity index (χ2v) is 6.75. The number of benzene rings is 2. The molecule has 0 aliphatic heterocycles. The van der Waals surface area contributed by atoms with Crippen molar-refractivity contribution in [2.75, 3.05) is 0 Å². The standard InChI is InChI=1S/C21H21N3/c1-15-8-10-16(11-9-15)21-23-19-14-17(22-2)12-13-20(19)24(21)18-6-4-3-5-7-18/h8-14,18H,3-7H2,1H3. The molecule has 0 radical (unpaired) electrons. The summed E-state index contributed by atoms with van der Waals surface area (Å²) in [6, 6.07) is 15.0. The van der Waals surface area contributed by atoms with Gasteiger partial charge in [-0.3, -0.25) is 0 Å². The zero-order valence-electron chi connectivity index (χ0n) is 14.0. The first kappa shape index (κ1) is 15.0. The maximum absolute atomic E-state index is 7.25. The summed E-state index contributed by atoms with van der Waals surface area (Å²) in [6.07, 6.45) is 6.35. The van der Waals surface area contributed by atoms with Crippen LogP contribution in [0.15, 0.2) is 42.5 Å². The number of hydrogen-bond donors (Lipinski definition) is 0. The van der Waals surface area contributed by atoms with Gasteiger partial charge in [-0.15, -0.1) is 0 Å². The van der Waals surface area contributed by atoms with E-state index in [4.69, 9.17) is 11.6 Å². The van der Waals surface area contributed by atoms with Crippen LogP contribution in [0, 0.1) is 13.5 Å². The molecule has 1 fully saturated rings. The number of imidazole rings is 1. The first-order valence-electron chi connectivity index (χ1n) is 8.73. The molecule has 0 saturated heterocycles. The molecule has 1 aliphatic carbocycles. The van der Waals surface area contributed by atoms with Gasteiger partial charge in [0.25, 0.3) is 0 Å². The summed E-state index contributed by atoms with van der Waals surface area (Å²) in [5.74, 6) is 1.04. The fourth-order valence-corrected chi connectivity index (χ4v) is 3.77. The molecular weight excluding hydrogens is 294 g/mol. The second-order valence-electron chi connectivity index (χ2n) is 6.75. The van der Waals surface area contributed by atoms with Gasteiger partial charge in [0.15, 0.2) is 5.69 Å². The van der Waals surface area contributed by atoms with Crippen molar-refractivity contribution in [3.63, 3.8) is 0 Å². The summed E-state index contributed by atoms with van der Waals surface area (Å²) < 4.78 is 2.42. The third-order valence-electron chi connectivity index (χ3n) is 5.05. The van der Waals surface area contributed by atoms with Gasteiger partial charge in [-0.05, 0) is 31.9 Å². The van der Waals surface area contributed by atoms with E-state index in [1.54, 1.807) is 0 Å². The lowest BCUT2D eigenvalue weighted by atomic mass is 9.95. The fraction of sp³-hybridized carbons (Fsp3) is 0.333. The van der Waals surface area contributed by atoms with Gasteiger partial charge in [0.05, 0.1) is 17.6 Å². The zero-order valence-corrected chi connectivity index (χ0v) is 14.0. The van der Waals surface area contributed by atoms with Crippen LogP contribution in [0.5, 0.6) is 0 Å². The summed E-state index contributed by atoms with van der Waals surface area (Å²) in [6.45, 7) is 9.36. The van der Waals surface area contributed by atoms with E-state index in [0.717, 1.165) is 22.4 Å². The molecule has 3 nitrogen and oxygen atoms in total. The molecule has 24 heavy (non-hydrogen) atoms. The minimum absolute atomic E-state index is 0.513. The molecule has 120 valence electrons. The number of hydrogen-bond acceptors (Lipinski definition) is 1. The number of fused-ring (bicyclic) bond motifs is 1. The number of aryl methyl sites for hydroxylation is 1. The van der Waals surface area contributed by atoms with E-state index in [0.29, 0.717) is 11.7 Å². The molecule has 1 aliphatic rings. The molecule has 3 heteroatoms. The van der Waals surface area contributed by atoms with E-state index in [1.807, 2.05) is 12.1 Å². The lowest BCUT2D eigenvalue weighted by Gasteiger charge is -2.25. The topological polar surface area (TPSA) is 22.2 Å². The molecule has 0 amide bonds. The zero-order chi connectivity index (χ0) is 16.5. The maximum atomic E-state index is 7.25. The molecule has 4 rings (SSSR count). The maximum Gasteiger partial charge on any atom is 0.189 e. The average molecular weight is 315 g/mol. The van der Waals surface area contributed by atoms with Gasteiger partial charge < -0.3 is 4.57 Å². The van der Waals surface area contributed by atoms with Crippen LogP contribution in [-0.4, -0.2) is 9.55 Å². The number of aromatic nitrogens is 2. The Kier molecular flexibility index (Phi) is 3.82. The Morgan fingerprint density at radius 3 is 2.50 bits per heavy atom. The molecule has 1 heterocycles. The third kappa shape index (κ3) is 2.59. The van der Waals surface area contributed by atoms with Crippen LogP contribution in [0.2, 0.25) is 0 Å². The highest BCUT2D eigenvalue weighted by Crippen LogP contribution is 2.36. The molecule has 0 atom stereocenters. The fourth-order valence-electron chi connectivity index (χ4n) is 3.77. The van der Waals surface area contributed by atoms with Crippen molar-refractivity contribution in [2.45, 2.75) is 45.1 Å². The average Bonchev–Trinajstić information content (AvgIpc) is 3.01. The van der Waals surface area contributed by atoms with E-state index in [-0.39, 0.29) is 0 Å². The minimum atomic E-state index is 0.513. The molecule has 0 unspecified atom stereocenters. The summed E-state index contributed by atoms with van der Waals surface area (Å²) in [4.78, 5) is 8.47. The van der Waals surface area contributed by atoms with Crippen LogP contribution in [0.25, 0.3) is 27.3 Å². The predicted octanol–water partition coefficient (Wildman–Crippen LogP) is 6.07. The van der Waals surface area contributed by atoms with Crippen LogP contribution in [0.4, 0.5) is 5.69 Å². The molecular formula is C21H21N3. The normalized spacial score (nSPS) is 15.5. The molecule has 1 aromatic heterocycles. The Hall–Kier alpha value is -2.60. The molecule has 0 bridgehead atoms. The Morgan fingerprint density at radius 2 is 1.79 bits per heavy atom. The van der Waals surface area contributed by atoms with Crippen molar-refractivity contribution >= 4 is 16.7 Å². The van der Waals surface area contributed by atoms with Gasteiger partial charge in [0, 0.05) is 11.6 Å². The van der Waals surface area contributed by atoms with Gasteiger partial charge in [0.1, 0.15) is 5.82 Å². The molecule has 1 saturated carbocycles. The van der Waals surface area contributed by atoms with Crippen LogP contribution in [0.3, 0.4) is 0 Å².